The summed E-state index contributed by atoms with van der Waals surface area (Å²) in [5.74, 6) is -1.08. The molecule has 0 spiro atoms. The Morgan fingerprint density at radius 3 is 2.43 bits per heavy atom. The van der Waals surface area contributed by atoms with E-state index in [4.69, 9.17) is 5.11 Å². The van der Waals surface area contributed by atoms with Gasteiger partial charge >= 0.3 is 5.97 Å². The fourth-order valence-electron chi connectivity index (χ4n) is 2.31. The van der Waals surface area contributed by atoms with Gasteiger partial charge in [-0.15, -0.1) is 0 Å². The molecule has 0 radical (unpaired) electrons. The summed E-state index contributed by atoms with van der Waals surface area (Å²) in [6.07, 6.45) is -0.0752. The summed E-state index contributed by atoms with van der Waals surface area (Å²) >= 11 is 0. The highest BCUT2D eigenvalue weighted by molar-refractivity contribution is 6.07. The van der Waals surface area contributed by atoms with Gasteiger partial charge in [-0.2, -0.15) is 0 Å². The number of amides is 1. The maximum absolute atomic E-state index is 12.5. The molecule has 4 heteroatoms. The van der Waals surface area contributed by atoms with Crippen molar-refractivity contribution in [3.8, 4) is 0 Å². The summed E-state index contributed by atoms with van der Waals surface area (Å²) in [6.45, 7) is 3.80. The van der Waals surface area contributed by atoms with Crippen LogP contribution in [0.25, 0.3) is 10.8 Å². The first-order valence-electron chi connectivity index (χ1n) is 6.99. The lowest BCUT2D eigenvalue weighted by Crippen LogP contribution is -2.40. The Bertz CT molecular complexity index is 659. The zero-order chi connectivity index (χ0) is 15.4. The molecular formula is C17H19NO3. The molecule has 4 nitrogen and oxygen atoms in total. The van der Waals surface area contributed by atoms with Crippen molar-refractivity contribution in [1.29, 1.82) is 0 Å². The SMILES string of the molecule is CC(C)C(CC(=O)O)NC(=O)c1cccc2ccccc12. The Morgan fingerprint density at radius 1 is 1.10 bits per heavy atom. The summed E-state index contributed by atoms with van der Waals surface area (Å²) in [5.41, 5.74) is 0.573. The molecule has 1 atom stereocenters. The average molecular weight is 285 g/mol. The summed E-state index contributed by atoms with van der Waals surface area (Å²) in [7, 11) is 0. The molecule has 0 aliphatic heterocycles. The van der Waals surface area contributed by atoms with Gasteiger partial charge in [-0.3, -0.25) is 9.59 Å². The molecule has 2 N–H and O–H groups in total. The first-order valence-corrected chi connectivity index (χ1v) is 6.99. The first-order chi connectivity index (χ1) is 9.99. The summed E-state index contributed by atoms with van der Waals surface area (Å²) < 4.78 is 0. The van der Waals surface area contributed by atoms with E-state index in [-0.39, 0.29) is 24.3 Å². The highest BCUT2D eigenvalue weighted by atomic mass is 16.4. The molecule has 2 aromatic rings. The Morgan fingerprint density at radius 2 is 1.76 bits per heavy atom. The predicted octanol–water partition coefficient (Wildman–Crippen LogP) is 3.07. The number of aliphatic carboxylic acids is 1. The van der Waals surface area contributed by atoms with Gasteiger partial charge in [0.05, 0.1) is 6.42 Å². The van der Waals surface area contributed by atoms with Crippen LogP contribution in [0.4, 0.5) is 0 Å². The number of rotatable bonds is 5. The molecular weight excluding hydrogens is 266 g/mol. The molecule has 1 unspecified atom stereocenters. The second kappa shape index (κ2) is 6.39. The van der Waals surface area contributed by atoms with Crippen LogP contribution in [0.5, 0.6) is 0 Å². The Balaban J connectivity index is 2.27. The van der Waals surface area contributed by atoms with Gasteiger partial charge in [0.1, 0.15) is 0 Å². The monoisotopic (exact) mass is 285 g/mol. The zero-order valence-electron chi connectivity index (χ0n) is 12.2. The molecule has 2 rings (SSSR count). The molecule has 0 saturated carbocycles. The van der Waals surface area contributed by atoms with Crippen LogP contribution in [0.3, 0.4) is 0 Å². The smallest absolute Gasteiger partial charge is 0.305 e. The van der Waals surface area contributed by atoms with E-state index in [0.29, 0.717) is 5.56 Å². The number of benzene rings is 2. The topological polar surface area (TPSA) is 66.4 Å². The van der Waals surface area contributed by atoms with Crippen LogP contribution >= 0.6 is 0 Å². The second-order valence-corrected chi connectivity index (χ2v) is 5.45. The van der Waals surface area contributed by atoms with Gasteiger partial charge in [0.15, 0.2) is 0 Å². The summed E-state index contributed by atoms with van der Waals surface area (Å²) in [4.78, 5) is 23.3. The lowest BCUT2D eigenvalue weighted by atomic mass is 9.99. The third kappa shape index (κ3) is 3.60. The fourth-order valence-corrected chi connectivity index (χ4v) is 2.31. The van der Waals surface area contributed by atoms with Crippen molar-refractivity contribution in [1.82, 2.24) is 5.32 Å². The maximum Gasteiger partial charge on any atom is 0.305 e. The van der Waals surface area contributed by atoms with Crippen LogP contribution < -0.4 is 5.32 Å². The minimum atomic E-state index is -0.910. The molecule has 0 aromatic heterocycles. The molecule has 1 amide bonds. The fraction of sp³-hybridized carbons (Fsp3) is 0.294. The van der Waals surface area contributed by atoms with Gasteiger partial charge < -0.3 is 10.4 Å². The van der Waals surface area contributed by atoms with Crippen LogP contribution in [0.2, 0.25) is 0 Å². The van der Waals surface area contributed by atoms with E-state index in [1.165, 1.54) is 0 Å². The molecule has 110 valence electrons. The van der Waals surface area contributed by atoms with Gasteiger partial charge in [0, 0.05) is 11.6 Å². The number of nitrogens with one attached hydrogen (secondary N) is 1. The highest BCUT2D eigenvalue weighted by Crippen LogP contribution is 2.19. The minimum Gasteiger partial charge on any atom is -0.481 e. The molecule has 0 aliphatic carbocycles. The van der Waals surface area contributed by atoms with E-state index in [0.717, 1.165) is 10.8 Å². The van der Waals surface area contributed by atoms with E-state index in [1.807, 2.05) is 50.2 Å². The third-order valence-electron chi connectivity index (χ3n) is 3.55. The van der Waals surface area contributed by atoms with Crippen LogP contribution in [-0.2, 0) is 4.79 Å². The van der Waals surface area contributed by atoms with Crippen molar-refractivity contribution in [2.45, 2.75) is 26.3 Å². The number of carbonyl (C=O) groups excluding carboxylic acids is 1. The van der Waals surface area contributed by atoms with E-state index < -0.39 is 5.97 Å². The standard InChI is InChI=1S/C17H19NO3/c1-11(2)15(10-16(19)20)18-17(21)14-9-5-7-12-6-3-4-8-13(12)14/h3-9,11,15H,10H2,1-2H3,(H,18,21)(H,19,20). The largest absolute Gasteiger partial charge is 0.481 e. The van der Waals surface area contributed by atoms with E-state index >= 15 is 0 Å². The van der Waals surface area contributed by atoms with Gasteiger partial charge in [0.2, 0.25) is 0 Å². The van der Waals surface area contributed by atoms with Gasteiger partial charge in [0.25, 0.3) is 5.91 Å². The van der Waals surface area contributed by atoms with Crippen LogP contribution in [0.15, 0.2) is 42.5 Å². The Labute approximate surface area is 123 Å². The molecule has 21 heavy (non-hydrogen) atoms. The third-order valence-corrected chi connectivity index (χ3v) is 3.55. The highest BCUT2D eigenvalue weighted by Gasteiger charge is 2.20. The lowest BCUT2D eigenvalue weighted by Gasteiger charge is -2.21. The number of hydrogen-bond acceptors (Lipinski definition) is 2. The second-order valence-electron chi connectivity index (χ2n) is 5.45. The van der Waals surface area contributed by atoms with Crippen molar-refractivity contribution < 1.29 is 14.7 Å². The quantitative estimate of drug-likeness (QED) is 0.887. The molecule has 0 saturated heterocycles. The predicted molar refractivity (Wildman–Crippen MR) is 82.3 cm³/mol. The summed E-state index contributed by atoms with van der Waals surface area (Å²) in [6, 6.07) is 12.8. The van der Waals surface area contributed by atoms with Gasteiger partial charge in [-0.05, 0) is 22.8 Å². The Kier molecular flexibility index (Phi) is 4.58. The van der Waals surface area contributed by atoms with Crippen molar-refractivity contribution >= 4 is 22.6 Å². The van der Waals surface area contributed by atoms with E-state index in [1.54, 1.807) is 6.07 Å². The van der Waals surface area contributed by atoms with Crippen LogP contribution in [0, 0.1) is 5.92 Å². The molecule has 0 bridgehead atoms. The number of carboxylic acid groups (broad SMARTS) is 1. The van der Waals surface area contributed by atoms with Crippen molar-refractivity contribution in [2.75, 3.05) is 0 Å². The van der Waals surface area contributed by atoms with Crippen molar-refractivity contribution in [3.05, 3.63) is 48.0 Å². The molecule has 0 aliphatic rings. The normalized spacial score (nSPS) is 12.3. The van der Waals surface area contributed by atoms with E-state index in [2.05, 4.69) is 5.32 Å². The molecule has 2 aromatic carbocycles. The minimum absolute atomic E-state index is 0.0556. The van der Waals surface area contributed by atoms with Gasteiger partial charge in [-0.25, -0.2) is 0 Å². The van der Waals surface area contributed by atoms with Crippen LogP contribution in [0.1, 0.15) is 30.6 Å². The maximum atomic E-state index is 12.5. The lowest BCUT2D eigenvalue weighted by molar-refractivity contribution is -0.137. The van der Waals surface area contributed by atoms with Crippen molar-refractivity contribution in [2.24, 2.45) is 5.92 Å². The molecule has 0 fully saturated rings. The zero-order valence-corrected chi connectivity index (χ0v) is 12.2. The van der Waals surface area contributed by atoms with Crippen LogP contribution in [-0.4, -0.2) is 23.0 Å². The van der Waals surface area contributed by atoms with Crippen molar-refractivity contribution in [3.63, 3.8) is 0 Å². The summed E-state index contributed by atoms with van der Waals surface area (Å²) in [5, 5.41) is 13.6. The van der Waals surface area contributed by atoms with E-state index in [9.17, 15) is 9.59 Å². The average Bonchev–Trinajstić information content (AvgIpc) is 2.45. The number of carboxylic acids is 1. The first kappa shape index (κ1) is 15.0. The number of hydrogen-bond donors (Lipinski definition) is 2. The number of carbonyl (C=O) groups is 2. The Hall–Kier alpha value is -2.36. The molecule has 0 heterocycles. The number of fused-ring (bicyclic) bond motifs is 1. The van der Waals surface area contributed by atoms with Gasteiger partial charge in [-0.1, -0.05) is 50.2 Å².